The molecule has 0 aromatic heterocycles. The summed E-state index contributed by atoms with van der Waals surface area (Å²) in [5, 5.41) is 2.63. The highest BCUT2D eigenvalue weighted by Gasteiger charge is 2.31. The van der Waals surface area contributed by atoms with Crippen molar-refractivity contribution < 1.29 is 4.79 Å². The number of fused-ring (bicyclic) bond motifs is 1. The van der Waals surface area contributed by atoms with Crippen molar-refractivity contribution in [2.24, 2.45) is 0 Å². The van der Waals surface area contributed by atoms with E-state index in [9.17, 15) is 4.79 Å². The Morgan fingerprint density at radius 2 is 1.95 bits per heavy atom. The van der Waals surface area contributed by atoms with Crippen molar-refractivity contribution in [1.82, 2.24) is 4.90 Å². The van der Waals surface area contributed by atoms with Gasteiger partial charge in [-0.15, -0.1) is 0 Å². The maximum atomic E-state index is 11.9. The minimum absolute atomic E-state index is 0.120. The molecule has 2 nitrogen and oxygen atoms in total. The summed E-state index contributed by atoms with van der Waals surface area (Å²) in [6.07, 6.45) is 0.557. The molecule has 2 atom stereocenters. The first-order chi connectivity index (χ1) is 9.15. The fraction of sp³-hybridized carbons (Fsp3) is 0.312. The molecule has 1 aliphatic rings. The number of nitrogens with zero attached hydrogens (tertiary/aromatic N) is 1. The van der Waals surface area contributed by atoms with Crippen molar-refractivity contribution in [1.29, 1.82) is 0 Å². The summed E-state index contributed by atoms with van der Waals surface area (Å²) in [5.74, 6) is 0.209. The number of amides is 1. The molecule has 1 fully saturated rings. The molecule has 2 aromatic carbocycles. The third-order valence-electron chi connectivity index (χ3n) is 3.86. The number of hydrogen-bond acceptors (Lipinski definition) is 2. The van der Waals surface area contributed by atoms with Crippen molar-refractivity contribution >= 4 is 29.3 Å². The Morgan fingerprint density at radius 3 is 2.63 bits per heavy atom. The van der Waals surface area contributed by atoms with Gasteiger partial charge in [0.25, 0.3) is 0 Å². The van der Waals surface area contributed by atoms with Crippen LogP contribution in [-0.4, -0.2) is 22.6 Å². The lowest BCUT2D eigenvalue weighted by molar-refractivity contribution is -0.129. The van der Waals surface area contributed by atoms with Gasteiger partial charge in [0.2, 0.25) is 5.91 Å². The zero-order valence-corrected chi connectivity index (χ0v) is 11.8. The Bertz CT molecular complexity index is 625. The zero-order chi connectivity index (χ0) is 13.4. The summed E-state index contributed by atoms with van der Waals surface area (Å²) in [6, 6.07) is 14.8. The maximum Gasteiger partial charge on any atom is 0.224 e. The molecule has 1 amide bonds. The first-order valence-electron chi connectivity index (χ1n) is 6.61. The summed E-state index contributed by atoms with van der Waals surface area (Å²) in [5.41, 5.74) is 1.19. The van der Waals surface area contributed by atoms with Gasteiger partial charge in [0.1, 0.15) is 0 Å². The zero-order valence-electron chi connectivity index (χ0n) is 10.9. The summed E-state index contributed by atoms with van der Waals surface area (Å²) < 4.78 is 0. The van der Waals surface area contributed by atoms with E-state index in [0.717, 1.165) is 6.54 Å². The van der Waals surface area contributed by atoms with Gasteiger partial charge in [0.15, 0.2) is 0 Å². The molecule has 2 aromatic rings. The Kier molecular flexibility index (Phi) is 3.23. The fourth-order valence-corrected chi connectivity index (χ4v) is 3.07. The van der Waals surface area contributed by atoms with Crippen LogP contribution >= 0.6 is 12.6 Å². The van der Waals surface area contributed by atoms with E-state index in [1.165, 1.54) is 16.3 Å². The summed E-state index contributed by atoms with van der Waals surface area (Å²) in [6.45, 7) is 2.84. The van der Waals surface area contributed by atoms with Crippen molar-refractivity contribution in [2.75, 3.05) is 6.54 Å². The van der Waals surface area contributed by atoms with Gasteiger partial charge in [0, 0.05) is 18.2 Å². The lowest BCUT2D eigenvalue weighted by Crippen LogP contribution is -2.28. The van der Waals surface area contributed by atoms with Gasteiger partial charge in [-0.05, 0) is 29.3 Å². The lowest BCUT2D eigenvalue weighted by Gasteiger charge is -2.25. The molecule has 0 radical (unpaired) electrons. The van der Waals surface area contributed by atoms with Gasteiger partial charge in [-0.3, -0.25) is 4.79 Å². The second-order valence-corrected chi connectivity index (χ2v) is 5.92. The van der Waals surface area contributed by atoms with Gasteiger partial charge >= 0.3 is 0 Å². The second kappa shape index (κ2) is 4.89. The van der Waals surface area contributed by atoms with Crippen LogP contribution in [0.2, 0.25) is 0 Å². The SMILES string of the molecule is C[C@@H](c1ccc2ccccc2c1)N1CC(S)CC1=O. The van der Waals surface area contributed by atoms with Crippen molar-refractivity contribution in [2.45, 2.75) is 24.6 Å². The first-order valence-corrected chi connectivity index (χ1v) is 7.13. The summed E-state index contributed by atoms with van der Waals surface area (Å²) >= 11 is 4.41. The largest absolute Gasteiger partial charge is 0.335 e. The predicted octanol–water partition coefficient (Wildman–Crippen LogP) is 3.43. The molecule has 0 spiro atoms. The lowest BCUT2D eigenvalue weighted by atomic mass is 10.0. The van der Waals surface area contributed by atoms with Crippen LogP contribution in [-0.2, 0) is 4.79 Å². The molecule has 0 aliphatic carbocycles. The molecule has 1 heterocycles. The van der Waals surface area contributed by atoms with Crippen LogP contribution in [0.15, 0.2) is 42.5 Å². The van der Waals surface area contributed by atoms with Crippen LogP contribution in [0.1, 0.15) is 24.9 Å². The molecule has 1 unspecified atom stereocenters. The van der Waals surface area contributed by atoms with Gasteiger partial charge < -0.3 is 4.90 Å². The van der Waals surface area contributed by atoms with Crippen LogP contribution in [0.3, 0.4) is 0 Å². The number of benzene rings is 2. The normalized spacial score (nSPS) is 21.1. The van der Waals surface area contributed by atoms with Crippen LogP contribution in [0.4, 0.5) is 0 Å². The molecule has 98 valence electrons. The number of likely N-dealkylation sites (tertiary alicyclic amines) is 1. The standard InChI is InChI=1S/C16H17NOS/c1-11(17-10-15(19)9-16(17)18)13-7-6-12-4-2-3-5-14(12)8-13/h2-8,11,15,19H,9-10H2,1H3/t11-,15?/m0/s1. The Labute approximate surface area is 118 Å². The summed E-state index contributed by atoms with van der Waals surface area (Å²) in [4.78, 5) is 13.9. The highest BCUT2D eigenvalue weighted by Crippen LogP contribution is 2.29. The molecule has 0 saturated carbocycles. The second-order valence-electron chi connectivity index (χ2n) is 5.19. The molecular formula is C16H17NOS. The van der Waals surface area contributed by atoms with E-state index in [1.54, 1.807) is 0 Å². The highest BCUT2D eigenvalue weighted by atomic mass is 32.1. The minimum atomic E-state index is 0.120. The molecule has 0 N–H and O–H groups in total. The number of rotatable bonds is 2. The van der Waals surface area contributed by atoms with E-state index in [4.69, 9.17) is 0 Å². The molecule has 0 bridgehead atoms. The van der Waals surface area contributed by atoms with E-state index < -0.39 is 0 Å². The molecule has 1 aliphatic heterocycles. The molecule has 3 rings (SSSR count). The van der Waals surface area contributed by atoms with Gasteiger partial charge in [-0.25, -0.2) is 0 Å². The van der Waals surface area contributed by atoms with Gasteiger partial charge in [0.05, 0.1) is 6.04 Å². The minimum Gasteiger partial charge on any atom is -0.335 e. The average Bonchev–Trinajstić information content (AvgIpc) is 2.76. The Morgan fingerprint density at radius 1 is 1.21 bits per heavy atom. The Hall–Kier alpha value is -1.48. The molecular weight excluding hydrogens is 254 g/mol. The number of thiol groups is 1. The Balaban J connectivity index is 1.93. The van der Waals surface area contributed by atoms with E-state index >= 15 is 0 Å². The summed E-state index contributed by atoms with van der Waals surface area (Å²) in [7, 11) is 0. The number of hydrogen-bond donors (Lipinski definition) is 1. The third-order valence-corrected chi connectivity index (χ3v) is 4.21. The predicted molar refractivity (Wildman–Crippen MR) is 81.5 cm³/mol. The van der Waals surface area contributed by atoms with Crippen LogP contribution < -0.4 is 0 Å². The van der Waals surface area contributed by atoms with Gasteiger partial charge in [-0.2, -0.15) is 12.6 Å². The fourth-order valence-electron chi connectivity index (χ4n) is 2.73. The third kappa shape index (κ3) is 2.35. The van der Waals surface area contributed by atoms with E-state index in [1.807, 2.05) is 17.0 Å². The van der Waals surface area contributed by atoms with E-state index in [2.05, 4.69) is 49.9 Å². The maximum absolute atomic E-state index is 11.9. The van der Waals surface area contributed by atoms with E-state index in [0.29, 0.717) is 6.42 Å². The van der Waals surface area contributed by atoms with Crippen LogP contribution in [0, 0.1) is 0 Å². The quantitative estimate of drug-likeness (QED) is 0.830. The smallest absolute Gasteiger partial charge is 0.224 e. The molecule has 19 heavy (non-hydrogen) atoms. The topological polar surface area (TPSA) is 20.3 Å². The van der Waals surface area contributed by atoms with E-state index in [-0.39, 0.29) is 17.2 Å². The van der Waals surface area contributed by atoms with Crippen LogP contribution in [0.25, 0.3) is 10.8 Å². The number of carbonyl (C=O) groups is 1. The number of carbonyl (C=O) groups excluding carboxylic acids is 1. The highest BCUT2D eigenvalue weighted by molar-refractivity contribution is 7.81. The average molecular weight is 271 g/mol. The van der Waals surface area contributed by atoms with Gasteiger partial charge in [-0.1, -0.05) is 36.4 Å². The monoisotopic (exact) mass is 271 g/mol. The van der Waals surface area contributed by atoms with Crippen molar-refractivity contribution in [3.05, 3.63) is 48.0 Å². The van der Waals surface area contributed by atoms with Crippen molar-refractivity contribution in [3.8, 4) is 0 Å². The first kappa shape index (κ1) is 12.5. The van der Waals surface area contributed by atoms with Crippen molar-refractivity contribution in [3.63, 3.8) is 0 Å². The molecule has 3 heteroatoms. The van der Waals surface area contributed by atoms with Crippen LogP contribution in [0.5, 0.6) is 0 Å². The molecule has 1 saturated heterocycles.